The average molecular weight is 239 g/mol. The summed E-state index contributed by atoms with van der Waals surface area (Å²) in [5.41, 5.74) is 4.66. The molecule has 0 spiro atoms. The zero-order chi connectivity index (χ0) is 11.5. The first-order valence-electron chi connectivity index (χ1n) is 4.37. The van der Waals surface area contributed by atoms with Gasteiger partial charge in [-0.1, -0.05) is 11.6 Å². The van der Waals surface area contributed by atoms with Crippen LogP contribution in [0.5, 0.6) is 0 Å². The van der Waals surface area contributed by atoms with Gasteiger partial charge in [0.2, 0.25) is 0 Å². The molecular formula is C9H10ClF3N2. The minimum Gasteiger partial charge on any atom is -0.330 e. The van der Waals surface area contributed by atoms with E-state index in [-0.39, 0.29) is 10.7 Å². The van der Waals surface area contributed by atoms with Gasteiger partial charge < -0.3 is 5.73 Å². The van der Waals surface area contributed by atoms with Crippen molar-refractivity contribution in [2.75, 3.05) is 6.54 Å². The lowest BCUT2D eigenvalue weighted by Gasteiger charge is -2.10. The van der Waals surface area contributed by atoms with Crippen molar-refractivity contribution >= 4 is 11.6 Å². The number of hydrogen-bond donors (Lipinski definition) is 1. The van der Waals surface area contributed by atoms with E-state index in [1.54, 1.807) is 0 Å². The Kier molecular flexibility index (Phi) is 3.93. The lowest BCUT2D eigenvalue weighted by molar-refractivity contribution is -0.137. The van der Waals surface area contributed by atoms with Crippen LogP contribution >= 0.6 is 11.6 Å². The van der Waals surface area contributed by atoms with Crippen LogP contribution in [0.4, 0.5) is 13.2 Å². The fourth-order valence-corrected chi connectivity index (χ4v) is 1.46. The molecule has 0 bridgehead atoms. The van der Waals surface area contributed by atoms with Crippen molar-refractivity contribution in [3.05, 3.63) is 28.5 Å². The molecule has 0 atom stereocenters. The van der Waals surface area contributed by atoms with E-state index in [2.05, 4.69) is 4.98 Å². The van der Waals surface area contributed by atoms with Crippen LogP contribution in [0.3, 0.4) is 0 Å². The molecule has 84 valence electrons. The summed E-state index contributed by atoms with van der Waals surface area (Å²) >= 11 is 5.61. The van der Waals surface area contributed by atoms with Gasteiger partial charge in [-0.25, -0.2) is 0 Å². The highest BCUT2D eigenvalue weighted by atomic mass is 35.5. The molecule has 2 nitrogen and oxygen atoms in total. The number of rotatable bonds is 3. The molecule has 0 radical (unpaired) electrons. The van der Waals surface area contributed by atoms with Gasteiger partial charge in [-0.3, -0.25) is 4.98 Å². The Morgan fingerprint density at radius 3 is 2.60 bits per heavy atom. The zero-order valence-corrected chi connectivity index (χ0v) is 8.57. The summed E-state index contributed by atoms with van der Waals surface area (Å²) in [7, 11) is 0. The van der Waals surface area contributed by atoms with Crippen LogP contribution in [0, 0.1) is 0 Å². The number of nitrogens with zero attached hydrogens (tertiary/aromatic N) is 1. The van der Waals surface area contributed by atoms with Crippen LogP contribution in [-0.4, -0.2) is 11.5 Å². The van der Waals surface area contributed by atoms with Gasteiger partial charge in [0, 0.05) is 6.20 Å². The predicted octanol–water partition coefficient (Wildman–Crippen LogP) is 2.65. The van der Waals surface area contributed by atoms with Crippen LogP contribution in [-0.2, 0) is 12.6 Å². The molecule has 15 heavy (non-hydrogen) atoms. The maximum Gasteiger partial charge on any atom is 0.417 e. The number of hydrogen-bond acceptors (Lipinski definition) is 2. The van der Waals surface area contributed by atoms with Crippen LogP contribution in [0.25, 0.3) is 0 Å². The summed E-state index contributed by atoms with van der Waals surface area (Å²) in [6.07, 6.45) is -2.40. The Hall–Kier alpha value is -0.810. The SMILES string of the molecule is NCCCc1nccc(C(F)(F)F)c1Cl. The molecule has 0 aliphatic heterocycles. The van der Waals surface area contributed by atoms with Gasteiger partial charge in [0.15, 0.2) is 0 Å². The highest BCUT2D eigenvalue weighted by Crippen LogP contribution is 2.35. The first kappa shape index (κ1) is 12.3. The normalized spacial score (nSPS) is 11.8. The van der Waals surface area contributed by atoms with E-state index in [0.717, 1.165) is 12.3 Å². The number of aromatic nitrogens is 1. The van der Waals surface area contributed by atoms with Crippen LogP contribution in [0.2, 0.25) is 5.02 Å². The summed E-state index contributed by atoms with van der Waals surface area (Å²) in [5, 5.41) is -0.321. The van der Waals surface area contributed by atoms with E-state index in [1.807, 2.05) is 0 Å². The third kappa shape index (κ3) is 3.07. The topological polar surface area (TPSA) is 38.9 Å². The van der Waals surface area contributed by atoms with Crippen molar-refractivity contribution in [2.45, 2.75) is 19.0 Å². The quantitative estimate of drug-likeness (QED) is 0.879. The minimum atomic E-state index is -4.43. The van der Waals surface area contributed by atoms with Gasteiger partial charge in [-0.2, -0.15) is 13.2 Å². The minimum absolute atomic E-state index is 0.247. The molecule has 0 aliphatic carbocycles. The van der Waals surface area contributed by atoms with Crippen LogP contribution in [0.15, 0.2) is 12.3 Å². The maximum absolute atomic E-state index is 12.4. The van der Waals surface area contributed by atoms with Gasteiger partial charge in [-0.15, -0.1) is 0 Å². The first-order chi connectivity index (χ1) is 6.96. The second-order valence-corrected chi connectivity index (χ2v) is 3.39. The predicted molar refractivity (Wildman–Crippen MR) is 51.6 cm³/mol. The molecule has 0 saturated carbocycles. The smallest absolute Gasteiger partial charge is 0.330 e. The first-order valence-corrected chi connectivity index (χ1v) is 4.75. The van der Waals surface area contributed by atoms with E-state index >= 15 is 0 Å². The fraction of sp³-hybridized carbons (Fsp3) is 0.444. The molecule has 0 aromatic carbocycles. The van der Waals surface area contributed by atoms with E-state index in [4.69, 9.17) is 17.3 Å². The summed E-state index contributed by atoms with van der Waals surface area (Å²) in [6, 6.07) is 0.869. The summed E-state index contributed by atoms with van der Waals surface area (Å²) < 4.78 is 37.2. The third-order valence-corrected chi connectivity index (χ3v) is 2.31. The van der Waals surface area contributed by atoms with E-state index < -0.39 is 11.7 Å². The number of aryl methyl sites for hydroxylation is 1. The molecular weight excluding hydrogens is 229 g/mol. The number of alkyl halides is 3. The van der Waals surface area contributed by atoms with Crippen molar-refractivity contribution in [1.29, 1.82) is 0 Å². The van der Waals surface area contributed by atoms with E-state index in [9.17, 15) is 13.2 Å². The van der Waals surface area contributed by atoms with Gasteiger partial charge in [0.25, 0.3) is 0 Å². The Bertz CT molecular complexity index is 339. The standard InChI is InChI=1S/C9H10ClF3N2/c10-8-6(9(11,12)13)3-5-15-7(8)2-1-4-14/h3,5H,1-2,4,14H2. The molecule has 0 saturated heterocycles. The monoisotopic (exact) mass is 238 g/mol. The Morgan fingerprint density at radius 2 is 2.07 bits per heavy atom. The molecule has 1 rings (SSSR count). The molecule has 1 aromatic heterocycles. The third-order valence-electron chi connectivity index (χ3n) is 1.88. The highest BCUT2D eigenvalue weighted by Gasteiger charge is 2.34. The summed E-state index contributed by atoms with van der Waals surface area (Å²) in [5.74, 6) is 0. The summed E-state index contributed by atoms with van der Waals surface area (Å²) in [4.78, 5) is 3.80. The highest BCUT2D eigenvalue weighted by molar-refractivity contribution is 6.32. The second kappa shape index (κ2) is 4.81. The molecule has 0 fully saturated rings. The lowest BCUT2D eigenvalue weighted by atomic mass is 10.1. The molecule has 6 heteroatoms. The number of nitrogens with two attached hydrogens (primary N) is 1. The van der Waals surface area contributed by atoms with Crippen molar-refractivity contribution in [3.8, 4) is 0 Å². The Balaban J connectivity index is 3.01. The molecule has 0 amide bonds. The molecule has 0 unspecified atom stereocenters. The summed E-state index contributed by atoms with van der Waals surface area (Å²) in [6.45, 7) is 0.397. The number of halogens is 4. The van der Waals surface area contributed by atoms with E-state index in [1.165, 1.54) is 0 Å². The van der Waals surface area contributed by atoms with Gasteiger partial charge >= 0.3 is 6.18 Å². The maximum atomic E-state index is 12.4. The van der Waals surface area contributed by atoms with Crippen LogP contribution < -0.4 is 5.73 Å². The van der Waals surface area contributed by atoms with Crippen molar-refractivity contribution in [3.63, 3.8) is 0 Å². The Labute approximate surface area is 90.3 Å². The largest absolute Gasteiger partial charge is 0.417 e. The van der Waals surface area contributed by atoms with Crippen molar-refractivity contribution in [2.24, 2.45) is 5.73 Å². The number of pyridine rings is 1. The van der Waals surface area contributed by atoms with Crippen LogP contribution in [0.1, 0.15) is 17.7 Å². The average Bonchev–Trinajstić information content (AvgIpc) is 2.14. The molecule has 2 N–H and O–H groups in total. The second-order valence-electron chi connectivity index (χ2n) is 3.01. The van der Waals surface area contributed by atoms with Gasteiger partial charge in [0.1, 0.15) is 0 Å². The fourth-order valence-electron chi connectivity index (χ4n) is 1.15. The van der Waals surface area contributed by atoms with Gasteiger partial charge in [0.05, 0.1) is 16.3 Å². The van der Waals surface area contributed by atoms with E-state index in [0.29, 0.717) is 19.4 Å². The zero-order valence-electron chi connectivity index (χ0n) is 7.81. The molecule has 1 aromatic rings. The molecule has 0 aliphatic rings. The molecule has 1 heterocycles. The van der Waals surface area contributed by atoms with Crippen molar-refractivity contribution in [1.82, 2.24) is 4.98 Å². The lowest BCUT2D eigenvalue weighted by Crippen LogP contribution is -2.09. The van der Waals surface area contributed by atoms with Crippen molar-refractivity contribution < 1.29 is 13.2 Å². The van der Waals surface area contributed by atoms with Gasteiger partial charge in [-0.05, 0) is 25.5 Å². The Morgan fingerprint density at radius 1 is 1.40 bits per heavy atom.